The van der Waals surface area contributed by atoms with Crippen LogP contribution in [0.1, 0.15) is 74.9 Å². The van der Waals surface area contributed by atoms with Crippen molar-refractivity contribution >= 4 is 76.3 Å². The Labute approximate surface area is 545 Å². The molecule has 4 heterocycles. The molecule has 4 aromatic heterocycles. The van der Waals surface area contributed by atoms with Crippen LogP contribution in [0.15, 0.2) is 273 Å². The number of hydrogen-bond donors (Lipinski definition) is 0. The van der Waals surface area contributed by atoms with Gasteiger partial charge in [0, 0.05) is 82.1 Å². The van der Waals surface area contributed by atoms with Gasteiger partial charge in [0.15, 0.2) is 5.82 Å². The highest BCUT2D eigenvalue weighted by atomic mass is 15.0. The maximum Gasteiger partial charge on any atom is 0.160 e. The Hall–Kier alpha value is -11.4. The van der Waals surface area contributed by atoms with Crippen LogP contribution in [0.5, 0.6) is 0 Å². The topological polar surface area (TPSA) is 40.6 Å². The summed E-state index contributed by atoms with van der Waals surface area (Å²) in [5, 5.41) is 8.53. The summed E-state index contributed by atoms with van der Waals surface area (Å²) in [7, 11) is 0. The minimum Gasteiger partial charge on any atom is -0.309 e. The van der Waals surface area contributed by atoms with Crippen LogP contribution in [0.4, 0.5) is 0 Å². The SMILES string of the molecule is CC1(C)c2ccccc2-c2ccc3c4ccccc4n(-c4ccc(-c5ccc6nc(-c7ccc(-n8c9ccccc9c9ccc%10c(c98)C(C)(C)c8ccccc8-%10)cc7)nc(-c7cccc(-n8c9ccccc9c9ccc%10c(c98)C(C)(C)c8ccccc8-%10)c7)c6c5)cc4)c3c21. The van der Waals surface area contributed by atoms with Gasteiger partial charge >= 0.3 is 0 Å². The summed E-state index contributed by atoms with van der Waals surface area (Å²) in [6, 6.07) is 102. The van der Waals surface area contributed by atoms with E-state index in [0.717, 1.165) is 55.9 Å². The fourth-order valence-electron chi connectivity index (χ4n) is 17.8. The van der Waals surface area contributed by atoms with Gasteiger partial charge in [0.05, 0.1) is 44.3 Å². The third-order valence-electron chi connectivity index (χ3n) is 22.0. The van der Waals surface area contributed by atoms with Crippen molar-refractivity contribution in [1.82, 2.24) is 23.7 Å². The Morgan fingerprint density at radius 3 is 1.11 bits per heavy atom. The van der Waals surface area contributed by atoms with E-state index in [1.807, 2.05) is 0 Å². The molecule has 0 aliphatic heterocycles. The van der Waals surface area contributed by atoms with E-state index in [-0.39, 0.29) is 16.2 Å². The van der Waals surface area contributed by atoms with E-state index in [2.05, 4.69) is 328 Å². The van der Waals surface area contributed by atoms with Gasteiger partial charge in [-0.1, -0.05) is 236 Å². The summed E-state index contributed by atoms with van der Waals surface area (Å²) >= 11 is 0. The van der Waals surface area contributed by atoms with Gasteiger partial charge in [-0.25, -0.2) is 9.97 Å². The van der Waals surface area contributed by atoms with Gasteiger partial charge in [-0.15, -0.1) is 0 Å². The molecule has 17 aromatic rings. The predicted octanol–water partition coefficient (Wildman–Crippen LogP) is 22.8. The molecule has 0 spiro atoms. The molecule has 5 nitrogen and oxygen atoms in total. The first-order valence-electron chi connectivity index (χ1n) is 33.1. The van der Waals surface area contributed by atoms with Crippen molar-refractivity contribution in [3.05, 3.63) is 306 Å². The largest absolute Gasteiger partial charge is 0.309 e. The van der Waals surface area contributed by atoms with Gasteiger partial charge in [-0.2, -0.15) is 0 Å². The highest BCUT2D eigenvalue weighted by molar-refractivity contribution is 6.16. The second kappa shape index (κ2) is 18.9. The number of aromatic nitrogens is 5. The third-order valence-corrected chi connectivity index (χ3v) is 22.0. The quantitative estimate of drug-likeness (QED) is 0.166. The van der Waals surface area contributed by atoms with E-state index < -0.39 is 0 Å². The summed E-state index contributed by atoms with van der Waals surface area (Å²) in [6.07, 6.45) is 0. The normalized spacial score (nSPS) is 14.5. The van der Waals surface area contributed by atoms with Crippen molar-refractivity contribution in [2.75, 3.05) is 0 Å². The lowest BCUT2D eigenvalue weighted by molar-refractivity contribution is 0.663. The van der Waals surface area contributed by atoms with Crippen LogP contribution < -0.4 is 0 Å². The Kier molecular flexibility index (Phi) is 10.7. The number of hydrogen-bond acceptors (Lipinski definition) is 2. The van der Waals surface area contributed by atoms with Crippen molar-refractivity contribution in [3.8, 4) is 84.2 Å². The Bertz CT molecular complexity index is 6180. The number of para-hydroxylation sites is 3. The molecule has 0 N–H and O–H groups in total. The van der Waals surface area contributed by atoms with Crippen molar-refractivity contribution in [2.24, 2.45) is 0 Å². The van der Waals surface area contributed by atoms with Crippen LogP contribution in [0.3, 0.4) is 0 Å². The van der Waals surface area contributed by atoms with Crippen LogP contribution >= 0.6 is 0 Å². The number of nitrogens with zero attached hydrogens (tertiary/aromatic N) is 5. The van der Waals surface area contributed by atoms with Gasteiger partial charge < -0.3 is 13.7 Å². The fourth-order valence-corrected chi connectivity index (χ4v) is 17.8. The molecule has 3 aliphatic carbocycles. The molecule has 0 fully saturated rings. The van der Waals surface area contributed by atoms with Gasteiger partial charge in [0.1, 0.15) is 0 Å². The molecule has 13 aromatic carbocycles. The van der Waals surface area contributed by atoms with Gasteiger partial charge in [-0.3, -0.25) is 0 Å². The molecule has 0 bridgehead atoms. The van der Waals surface area contributed by atoms with E-state index in [9.17, 15) is 0 Å². The molecule has 444 valence electrons. The molecule has 0 saturated heterocycles. The molecule has 3 aliphatic rings. The maximum absolute atomic E-state index is 5.74. The first-order valence-corrected chi connectivity index (χ1v) is 33.1. The number of benzene rings is 13. The van der Waals surface area contributed by atoms with Gasteiger partial charge in [0.2, 0.25) is 0 Å². The standard InChI is InChI=1S/C89H63N5/c1-87(2)72-28-13-7-22-59(72)65-43-46-68-62-25-10-16-31-76(62)92(83(68)79(65)87)56-39-34-52(35-40-56)54-38-49-75-71(51-54)82(55-20-19-21-58(50-55)94-78-33-18-12-27-64(78)70-48-45-67-61-24-9-15-30-74(61)89(5,6)81(67)85(70)94)91-86(90-75)53-36-41-57(42-37-53)93-77-32-17-11-26-63(77)69-47-44-66-60-23-8-14-29-73(60)88(3,4)80(66)84(69)93/h7-51H,1-6H3. The maximum atomic E-state index is 5.74. The summed E-state index contributed by atoms with van der Waals surface area (Å²) in [4.78, 5) is 11.3. The molecule has 20 rings (SSSR count). The van der Waals surface area contributed by atoms with Crippen LogP contribution in [0.2, 0.25) is 0 Å². The summed E-state index contributed by atoms with van der Waals surface area (Å²) in [5.41, 5.74) is 32.1. The molecule has 5 heteroatoms. The molecule has 0 atom stereocenters. The zero-order valence-corrected chi connectivity index (χ0v) is 53.2. The monoisotopic (exact) mass is 1200 g/mol. The smallest absolute Gasteiger partial charge is 0.160 e. The average Bonchev–Trinajstić information content (AvgIpc) is 1.55. The summed E-state index contributed by atoms with van der Waals surface area (Å²) in [6.45, 7) is 14.3. The minimum atomic E-state index is -0.228. The van der Waals surface area contributed by atoms with Crippen molar-refractivity contribution in [1.29, 1.82) is 0 Å². The number of fused-ring (bicyclic) bond motifs is 22. The highest BCUT2D eigenvalue weighted by Gasteiger charge is 2.41. The van der Waals surface area contributed by atoms with E-state index >= 15 is 0 Å². The lowest BCUT2D eigenvalue weighted by atomic mass is 9.81. The zero-order chi connectivity index (χ0) is 62.7. The molecule has 0 unspecified atom stereocenters. The Morgan fingerprint density at radius 2 is 0.649 bits per heavy atom. The highest BCUT2D eigenvalue weighted by Crippen LogP contribution is 2.57. The third kappa shape index (κ3) is 7.08. The lowest BCUT2D eigenvalue weighted by Gasteiger charge is -2.24. The van der Waals surface area contributed by atoms with E-state index in [1.54, 1.807) is 0 Å². The molecule has 0 radical (unpaired) electrons. The Morgan fingerprint density at radius 1 is 0.255 bits per heavy atom. The second-order valence-electron chi connectivity index (χ2n) is 28.0. The van der Waals surface area contributed by atoms with Crippen molar-refractivity contribution in [2.45, 2.75) is 57.8 Å². The van der Waals surface area contributed by atoms with Crippen LogP contribution in [0, 0.1) is 0 Å². The zero-order valence-electron chi connectivity index (χ0n) is 53.2. The van der Waals surface area contributed by atoms with Gasteiger partial charge in [-0.05, 0) is 157 Å². The van der Waals surface area contributed by atoms with Gasteiger partial charge in [0.25, 0.3) is 0 Å². The molecule has 94 heavy (non-hydrogen) atoms. The molecule has 0 amide bonds. The van der Waals surface area contributed by atoms with Crippen LogP contribution in [-0.2, 0) is 16.2 Å². The van der Waals surface area contributed by atoms with Crippen LogP contribution in [-0.4, -0.2) is 23.7 Å². The molecule has 0 saturated carbocycles. The van der Waals surface area contributed by atoms with Crippen LogP contribution in [0.25, 0.3) is 161 Å². The van der Waals surface area contributed by atoms with E-state index in [4.69, 9.17) is 9.97 Å². The van der Waals surface area contributed by atoms with E-state index in [0.29, 0.717) is 5.82 Å². The Balaban J connectivity index is 0.760. The minimum absolute atomic E-state index is 0.183. The first kappa shape index (κ1) is 53.3. The van der Waals surface area contributed by atoms with E-state index in [1.165, 1.54) is 132 Å². The van der Waals surface area contributed by atoms with Crippen molar-refractivity contribution in [3.63, 3.8) is 0 Å². The molecular formula is C89H63N5. The first-order chi connectivity index (χ1) is 45.9. The lowest BCUT2D eigenvalue weighted by Crippen LogP contribution is -2.16. The fraction of sp³-hybridized carbons (Fsp3) is 0.101. The summed E-state index contributed by atoms with van der Waals surface area (Å²) < 4.78 is 7.52. The number of rotatable bonds is 6. The average molecular weight is 1200 g/mol. The predicted molar refractivity (Wildman–Crippen MR) is 392 cm³/mol. The van der Waals surface area contributed by atoms with Crippen molar-refractivity contribution < 1.29 is 0 Å². The molecular weight excluding hydrogens is 1140 g/mol. The second-order valence-corrected chi connectivity index (χ2v) is 28.0. The summed E-state index contributed by atoms with van der Waals surface area (Å²) in [5.74, 6) is 0.675.